The highest BCUT2D eigenvalue weighted by atomic mass is 16.6. The van der Waals surface area contributed by atoms with Gasteiger partial charge in [0.1, 0.15) is 13.2 Å². The van der Waals surface area contributed by atoms with Crippen molar-refractivity contribution in [1.82, 2.24) is 0 Å². The third kappa shape index (κ3) is 53.2. The predicted molar refractivity (Wildman–Crippen MR) is 280 cm³/mol. The van der Waals surface area contributed by atoms with Crippen LogP contribution in [0.3, 0.4) is 0 Å². The van der Waals surface area contributed by atoms with Gasteiger partial charge in [-0.05, 0) is 31.1 Å². The molecule has 0 heterocycles. The van der Waals surface area contributed by atoms with Gasteiger partial charge in [0.2, 0.25) is 0 Å². The van der Waals surface area contributed by atoms with E-state index in [0.717, 1.165) is 69.6 Å². The monoisotopic (exact) mass is 919 g/mol. The first kappa shape index (κ1) is 63.4. The van der Waals surface area contributed by atoms with Crippen molar-refractivity contribution in [3.05, 3.63) is 0 Å². The van der Waals surface area contributed by atoms with Crippen LogP contribution in [0, 0.1) is 11.8 Å². The molecule has 0 N–H and O–H groups in total. The Morgan fingerprint density at radius 2 is 0.508 bits per heavy atom. The zero-order valence-electron chi connectivity index (χ0n) is 44.6. The summed E-state index contributed by atoms with van der Waals surface area (Å²) in [5, 5.41) is 0. The van der Waals surface area contributed by atoms with Gasteiger partial charge in [-0.3, -0.25) is 14.4 Å². The van der Waals surface area contributed by atoms with E-state index >= 15 is 0 Å². The Morgan fingerprint density at radius 3 is 0.754 bits per heavy atom. The lowest BCUT2D eigenvalue weighted by Crippen LogP contribution is -2.30. The molecule has 0 fully saturated rings. The van der Waals surface area contributed by atoms with Gasteiger partial charge in [-0.15, -0.1) is 0 Å². The Hall–Kier alpha value is -1.59. The molecule has 0 amide bonds. The highest BCUT2D eigenvalue weighted by molar-refractivity contribution is 5.71. The lowest BCUT2D eigenvalue weighted by atomic mass is 10.0. The van der Waals surface area contributed by atoms with Crippen LogP contribution in [0.4, 0.5) is 0 Å². The Balaban J connectivity index is 4.23. The van der Waals surface area contributed by atoms with Crippen LogP contribution in [-0.2, 0) is 28.6 Å². The van der Waals surface area contributed by atoms with Gasteiger partial charge in [-0.2, -0.15) is 0 Å². The highest BCUT2D eigenvalue weighted by Gasteiger charge is 2.19. The zero-order valence-corrected chi connectivity index (χ0v) is 44.6. The van der Waals surface area contributed by atoms with Gasteiger partial charge < -0.3 is 14.2 Å². The summed E-state index contributed by atoms with van der Waals surface area (Å²) in [5.74, 6) is 0.828. The average Bonchev–Trinajstić information content (AvgIpc) is 3.28. The standard InChI is InChI=1S/C59H114O6/c1-6-7-8-9-10-11-12-13-21-25-30-36-41-46-51-59(62)65-56(53-64-58(61)50-45-40-35-31-26-28-33-38-43-48-55(4)5)52-63-57(60)49-44-39-34-29-24-22-19-17-15-14-16-18-20-23-27-32-37-42-47-54(2)3/h54-56H,6-53H2,1-5H3/t56-/m0/s1. The van der Waals surface area contributed by atoms with Crippen molar-refractivity contribution in [3.8, 4) is 0 Å². The minimum atomic E-state index is -0.762. The first-order chi connectivity index (χ1) is 31.7. The molecule has 386 valence electrons. The fourth-order valence-electron chi connectivity index (χ4n) is 9.05. The van der Waals surface area contributed by atoms with E-state index in [0.29, 0.717) is 19.3 Å². The van der Waals surface area contributed by atoms with Gasteiger partial charge in [0, 0.05) is 19.3 Å². The molecule has 0 saturated carbocycles. The molecular weight excluding hydrogens is 805 g/mol. The van der Waals surface area contributed by atoms with Gasteiger partial charge in [-0.1, -0.05) is 291 Å². The number of rotatable bonds is 53. The summed E-state index contributed by atoms with van der Waals surface area (Å²) in [6.07, 6.45) is 55.3. The maximum absolute atomic E-state index is 12.8. The Morgan fingerprint density at radius 1 is 0.292 bits per heavy atom. The van der Waals surface area contributed by atoms with Crippen molar-refractivity contribution >= 4 is 17.9 Å². The molecule has 0 aromatic carbocycles. The second kappa shape index (κ2) is 51.8. The van der Waals surface area contributed by atoms with Crippen LogP contribution in [0.25, 0.3) is 0 Å². The fourth-order valence-corrected chi connectivity index (χ4v) is 9.05. The first-order valence-electron chi connectivity index (χ1n) is 29.2. The van der Waals surface area contributed by atoms with Gasteiger partial charge in [0.05, 0.1) is 0 Å². The van der Waals surface area contributed by atoms with E-state index < -0.39 is 6.10 Å². The molecule has 65 heavy (non-hydrogen) atoms. The second-order valence-corrected chi connectivity index (χ2v) is 21.2. The zero-order chi connectivity index (χ0) is 47.5. The maximum Gasteiger partial charge on any atom is 0.306 e. The molecule has 0 radical (unpaired) electrons. The van der Waals surface area contributed by atoms with Crippen molar-refractivity contribution in [3.63, 3.8) is 0 Å². The molecular formula is C59H114O6. The van der Waals surface area contributed by atoms with Crippen LogP contribution in [0.15, 0.2) is 0 Å². The molecule has 0 spiro atoms. The summed E-state index contributed by atoms with van der Waals surface area (Å²) in [7, 11) is 0. The van der Waals surface area contributed by atoms with E-state index in [2.05, 4.69) is 34.6 Å². The number of carbonyl (C=O) groups excluding carboxylic acids is 3. The Kier molecular flexibility index (Phi) is 50.5. The summed E-state index contributed by atoms with van der Waals surface area (Å²) in [6.45, 7) is 11.4. The number of hydrogen-bond acceptors (Lipinski definition) is 6. The van der Waals surface area contributed by atoms with Crippen molar-refractivity contribution in [2.45, 2.75) is 336 Å². The van der Waals surface area contributed by atoms with Crippen LogP contribution in [-0.4, -0.2) is 37.2 Å². The average molecular weight is 920 g/mol. The van der Waals surface area contributed by atoms with E-state index in [1.54, 1.807) is 0 Å². The summed E-state index contributed by atoms with van der Waals surface area (Å²) in [4.78, 5) is 38.1. The molecule has 6 heteroatoms. The van der Waals surface area contributed by atoms with E-state index in [1.807, 2.05) is 0 Å². The Labute approximate surface area is 406 Å². The lowest BCUT2D eigenvalue weighted by molar-refractivity contribution is -0.167. The Bertz CT molecular complexity index is 993. The predicted octanol–water partition coefficient (Wildman–Crippen LogP) is 19.3. The lowest BCUT2D eigenvalue weighted by Gasteiger charge is -2.18. The topological polar surface area (TPSA) is 78.9 Å². The highest BCUT2D eigenvalue weighted by Crippen LogP contribution is 2.18. The van der Waals surface area contributed by atoms with E-state index in [-0.39, 0.29) is 31.1 Å². The summed E-state index contributed by atoms with van der Waals surface area (Å²) < 4.78 is 16.9. The third-order valence-electron chi connectivity index (χ3n) is 13.5. The van der Waals surface area contributed by atoms with Gasteiger partial charge in [-0.25, -0.2) is 0 Å². The molecule has 0 saturated heterocycles. The number of ether oxygens (including phenoxy) is 3. The van der Waals surface area contributed by atoms with Crippen LogP contribution < -0.4 is 0 Å². The number of hydrogen-bond donors (Lipinski definition) is 0. The van der Waals surface area contributed by atoms with E-state index in [4.69, 9.17) is 14.2 Å². The quantitative estimate of drug-likeness (QED) is 0.0344. The van der Waals surface area contributed by atoms with Crippen molar-refractivity contribution in [2.75, 3.05) is 13.2 Å². The molecule has 0 rings (SSSR count). The normalized spacial score (nSPS) is 12.0. The number of esters is 3. The van der Waals surface area contributed by atoms with Gasteiger partial charge in [0.25, 0.3) is 0 Å². The SMILES string of the molecule is CCCCCCCCCCCCCCCCC(=O)O[C@@H](COC(=O)CCCCCCCCCCCCCCCCCCCCC(C)C)COC(=O)CCCCCCCCCCCC(C)C. The largest absolute Gasteiger partial charge is 0.462 e. The summed E-state index contributed by atoms with van der Waals surface area (Å²) in [5.41, 5.74) is 0. The smallest absolute Gasteiger partial charge is 0.306 e. The minimum Gasteiger partial charge on any atom is -0.462 e. The summed E-state index contributed by atoms with van der Waals surface area (Å²) in [6, 6.07) is 0. The van der Waals surface area contributed by atoms with Crippen LogP contribution >= 0.6 is 0 Å². The molecule has 0 aromatic heterocycles. The minimum absolute atomic E-state index is 0.0628. The molecule has 0 aromatic rings. The first-order valence-corrected chi connectivity index (χ1v) is 29.2. The molecule has 0 aliphatic carbocycles. The molecule has 0 aliphatic heterocycles. The maximum atomic E-state index is 12.8. The molecule has 0 bridgehead atoms. The van der Waals surface area contributed by atoms with E-state index in [1.165, 1.54) is 218 Å². The fraction of sp³-hybridized carbons (Fsp3) is 0.949. The van der Waals surface area contributed by atoms with Crippen molar-refractivity contribution < 1.29 is 28.6 Å². The van der Waals surface area contributed by atoms with Gasteiger partial charge in [0.15, 0.2) is 6.10 Å². The van der Waals surface area contributed by atoms with Gasteiger partial charge >= 0.3 is 17.9 Å². The van der Waals surface area contributed by atoms with Crippen molar-refractivity contribution in [1.29, 1.82) is 0 Å². The second-order valence-electron chi connectivity index (χ2n) is 21.2. The van der Waals surface area contributed by atoms with Crippen molar-refractivity contribution in [2.24, 2.45) is 11.8 Å². The molecule has 0 unspecified atom stereocenters. The molecule has 6 nitrogen and oxygen atoms in total. The third-order valence-corrected chi connectivity index (χ3v) is 13.5. The number of unbranched alkanes of at least 4 members (excludes halogenated alkanes) is 38. The van der Waals surface area contributed by atoms with Crippen LogP contribution in [0.5, 0.6) is 0 Å². The van der Waals surface area contributed by atoms with Crippen LogP contribution in [0.2, 0.25) is 0 Å². The van der Waals surface area contributed by atoms with E-state index in [9.17, 15) is 14.4 Å². The number of carbonyl (C=O) groups is 3. The molecule has 1 atom stereocenters. The molecule has 0 aliphatic rings. The summed E-state index contributed by atoms with van der Waals surface area (Å²) >= 11 is 0. The van der Waals surface area contributed by atoms with Crippen LogP contribution in [0.1, 0.15) is 330 Å².